The number of pyridine rings is 1. The number of ketones is 1. The summed E-state index contributed by atoms with van der Waals surface area (Å²) in [6.45, 7) is 0. The molecule has 234 valence electrons. The number of imidazole rings is 1. The molecule has 3 heterocycles. The van der Waals surface area contributed by atoms with Crippen LogP contribution in [0.4, 0.5) is 13.2 Å². The fourth-order valence-electron chi connectivity index (χ4n) is 6.99. The molecule has 0 saturated heterocycles. The van der Waals surface area contributed by atoms with E-state index in [0.29, 0.717) is 23.6 Å². The van der Waals surface area contributed by atoms with E-state index in [0.717, 1.165) is 16.8 Å². The van der Waals surface area contributed by atoms with Gasteiger partial charge in [-0.3, -0.25) is 9.78 Å². The van der Waals surface area contributed by atoms with E-state index in [1.54, 1.807) is 36.1 Å². The molecule has 2 fully saturated rings. The minimum absolute atomic E-state index is 0.0428. The van der Waals surface area contributed by atoms with E-state index >= 15 is 0 Å². The number of aryl methyl sites for hydroxylation is 1. The van der Waals surface area contributed by atoms with Gasteiger partial charge in [0.15, 0.2) is 10.8 Å². The van der Waals surface area contributed by atoms with Gasteiger partial charge in [0.05, 0.1) is 29.3 Å². The Morgan fingerprint density at radius 2 is 1.84 bits per heavy atom. The van der Waals surface area contributed by atoms with Crippen LogP contribution in [0.2, 0.25) is 5.02 Å². The van der Waals surface area contributed by atoms with E-state index in [-0.39, 0.29) is 35.2 Å². The Hall–Kier alpha value is -3.81. The molecule has 45 heavy (non-hydrogen) atoms. The molecule has 3 aliphatic rings. The zero-order valence-electron chi connectivity index (χ0n) is 24.1. The highest BCUT2D eigenvalue weighted by atomic mass is 35.5. The first-order valence-electron chi connectivity index (χ1n) is 14.5. The van der Waals surface area contributed by atoms with Crippen LogP contribution in [-0.2, 0) is 23.5 Å². The number of carbonyl (C=O) groups is 1. The summed E-state index contributed by atoms with van der Waals surface area (Å²) < 4.78 is 74.5. The number of carbonyl (C=O) groups excluding carboxylic acids is 1. The maximum atomic E-state index is 14.5. The average Bonchev–Trinajstić information content (AvgIpc) is 3.61. The van der Waals surface area contributed by atoms with Crippen LogP contribution >= 0.6 is 11.6 Å². The number of aromatic nitrogens is 5. The summed E-state index contributed by atoms with van der Waals surface area (Å²) in [4.78, 5) is 22.9. The lowest BCUT2D eigenvalue weighted by Crippen LogP contribution is -2.59. The molecule has 0 bridgehead atoms. The van der Waals surface area contributed by atoms with Crippen molar-refractivity contribution in [1.29, 1.82) is 0 Å². The summed E-state index contributed by atoms with van der Waals surface area (Å²) in [6.07, 6.45) is 7.30. The van der Waals surface area contributed by atoms with Gasteiger partial charge < -0.3 is 4.57 Å². The number of hydrogen-bond acceptors (Lipinski definition) is 6. The van der Waals surface area contributed by atoms with Gasteiger partial charge in [0.25, 0.3) is 15.9 Å². The number of allylic oxidation sites excluding steroid dienone is 1. The predicted octanol–water partition coefficient (Wildman–Crippen LogP) is 5.64. The van der Waals surface area contributed by atoms with Crippen LogP contribution in [0.3, 0.4) is 0 Å². The molecule has 1 aromatic carbocycles. The lowest BCUT2D eigenvalue weighted by Gasteiger charge is -2.50. The highest BCUT2D eigenvalue weighted by Crippen LogP contribution is 2.53. The Kier molecular flexibility index (Phi) is 7.06. The van der Waals surface area contributed by atoms with E-state index in [4.69, 9.17) is 11.6 Å². The quantitative estimate of drug-likeness (QED) is 0.239. The minimum atomic E-state index is -4.29. The fourth-order valence-corrected chi connectivity index (χ4v) is 8.96. The molecule has 0 radical (unpaired) electrons. The highest BCUT2D eigenvalue weighted by Gasteiger charge is 2.57. The first-order valence-corrected chi connectivity index (χ1v) is 16.3. The predicted molar refractivity (Wildman–Crippen MR) is 159 cm³/mol. The van der Waals surface area contributed by atoms with Crippen molar-refractivity contribution in [3.8, 4) is 5.69 Å². The normalized spacial score (nSPS) is 22.8. The van der Waals surface area contributed by atoms with Gasteiger partial charge in [-0.2, -0.15) is 9.40 Å². The van der Waals surface area contributed by atoms with E-state index in [2.05, 4.69) is 15.1 Å². The van der Waals surface area contributed by atoms with E-state index in [1.807, 2.05) is 6.08 Å². The Balaban J connectivity index is 1.33. The highest BCUT2D eigenvalue weighted by molar-refractivity contribution is 7.89. The summed E-state index contributed by atoms with van der Waals surface area (Å²) >= 11 is 6.25. The molecule has 2 atom stereocenters. The third-order valence-electron chi connectivity index (χ3n) is 9.11. The standard InChI is InChI=1S/C31H28ClF3N6O3S/c1-39-17-28(37-18-39)45(43,44)41(25-14-31(34,35)15-25)24-5-2-20-10-27-19(16-38-40(27)23-6-3-22(33)4-7-23)12-30(20,13-24)29(42)26-11-21(32)8-9-36-26/h3-4,6-11,16-18,24-25H,2,5,12-15H2,1H3/t24-,30-/m0/s1. The topological polar surface area (TPSA) is 103 Å². The summed E-state index contributed by atoms with van der Waals surface area (Å²) in [5.74, 6) is -3.70. The van der Waals surface area contributed by atoms with Crippen molar-refractivity contribution in [2.75, 3.05) is 0 Å². The number of hydrogen-bond donors (Lipinski definition) is 0. The molecule has 0 unspecified atom stereocenters. The zero-order chi connectivity index (χ0) is 31.7. The van der Waals surface area contributed by atoms with Crippen LogP contribution in [0.25, 0.3) is 11.8 Å². The number of alkyl halides is 2. The fraction of sp³-hybridized carbons (Fsp3) is 0.355. The molecule has 2 saturated carbocycles. The Bertz CT molecular complexity index is 1950. The second-order valence-corrected chi connectivity index (χ2v) is 14.3. The number of rotatable bonds is 7. The van der Waals surface area contributed by atoms with Gasteiger partial charge in [-0.1, -0.05) is 17.2 Å². The van der Waals surface area contributed by atoms with Gasteiger partial charge in [0, 0.05) is 49.4 Å². The molecule has 14 heteroatoms. The molecule has 3 aliphatic carbocycles. The van der Waals surface area contributed by atoms with E-state index in [1.165, 1.54) is 45.8 Å². The van der Waals surface area contributed by atoms with Gasteiger partial charge in [-0.25, -0.2) is 31.3 Å². The smallest absolute Gasteiger partial charge is 0.262 e. The number of sulfonamides is 1. The van der Waals surface area contributed by atoms with Crippen molar-refractivity contribution in [3.63, 3.8) is 0 Å². The van der Waals surface area contributed by atoms with Gasteiger partial charge >= 0.3 is 0 Å². The maximum Gasteiger partial charge on any atom is 0.262 e. The Labute approximate surface area is 262 Å². The molecule has 4 aromatic rings. The van der Waals surface area contributed by atoms with Gasteiger partial charge in [0.2, 0.25) is 0 Å². The minimum Gasteiger partial charge on any atom is -0.339 e. The van der Waals surface area contributed by atoms with Crippen molar-refractivity contribution in [2.24, 2.45) is 12.5 Å². The van der Waals surface area contributed by atoms with Crippen LogP contribution < -0.4 is 0 Å². The zero-order valence-corrected chi connectivity index (χ0v) is 25.6. The molecule has 0 aliphatic heterocycles. The molecule has 9 nitrogen and oxygen atoms in total. The van der Waals surface area contributed by atoms with Crippen LogP contribution in [0.15, 0.2) is 71.9 Å². The largest absolute Gasteiger partial charge is 0.339 e. The van der Waals surface area contributed by atoms with Crippen LogP contribution in [0.5, 0.6) is 0 Å². The molecule has 0 amide bonds. The number of fused-ring (bicyclic) bond motifs is 2. The van der Waals surface area contributed by atoms with Crippen molar-refractivity contribution in [2.45, 2.75) is 61.6 Å². The Morgan fingerprint density at radius 1 is 1.09 bits per heavy atom. The molecule has 7 rings (SSSR count). The maximum absolute atomic E-state index is 14.5. The van der Waals surface area contributed by atoms with Crippen molar-refractivity contribution in [3.05, 3.63) is 94.7 Å². The number of nitrogens with zero attached hydrogens (tertiary/aromatic N) is 6. The lowest BCUT2D eigenvalue weighted by molar-refractivity contribution is -0.116. The molecule has 0 N–H and O–H groups in total. The lowest BCUT2D eigenvalue weighted by atomic mass is 9.60. The molecule has 0 spiro atoms. The van der Waals surface area contributed by atoms with Gasteiger partial charge in [-0.05, 0) is 73.7 Å². The average molecular weight is 657 g/mol. The summed E-state index contributed by atoms with van der Waals surface area (Å²) in [6, 6.07) is 7.21. The first-order chi connectivity index (χ1) is 21.4. The SMILES string of the molecule is Cn1cnc(S(=O)(=O)N(C2CC(F)(F)C2)[C@H]2CCC3=Cc4c(cnn4-c4ccc(F)cc4)C[C@]3(C(=O)c3cc(Cl)ccn3)C2)c1. The third-order valence-corrected chi connectivity index (χ3v) is 11.2. The van der Waals surface area contributed by atoms with Crippen molar-refractivity contribution >= 4 is 33.5 Å². The van der Waals surface area contributed by atoms with E-state index < -0.39 is 46.3 Å². The van der Waals surface area contributed by atoms with Crippen molar-refractivity contribution in [1.82, 2.24) is 28.6 Å². The summed E-state index contributed by atoms with van der Waals surface area (Å²) in [7, 11) is -2.67. The monoisotopic (exact) mass is 656 g/mol. The Morgan fingerprint density at radius 3 is 2.51 bits per heavy atom. The van der Waals surface area contributed by atoms with Crippen LogP contribution in [-0.4, -0.2) is 60.8 Å². The number of Topliss-reactive ketones (excluding diaryl/α,β-unsaturated/α-hetero) is 1. The van der Waals surface area contributed by atoms with Gasteiger partial charge in [-0.15, -0.1) is 0 Å². The second kappa shape index (κ2) is 10.6. The number of benzene rings is 1. The first kappa shape index (κ1) is 29.9. The molecule has 3 aromatic heterocycles. The third kappa shape index (κ3) is 5.10. The molecular formula is C31H28ClF3N6O3S. The summed E-state index contributed by atoms with van der Waals surface area (Å²) in [5.41, 5.74) is 1.74. The summed E-state index contributed by atoms with van der Waals surface area (Å²) in [5, 5.41) is 4.62. The van der Waals surface area contributed by atoms with Crippen LogP contribution in [0, 0.1) is 11.2 Å². The van der Waals surface area contributed by atoms with E-state index in [9.17, 15) is 26.4 Å². The van der Waals surface area contributed by atoms with Crippen molar-refractivity contribution < 1.29 is 26.4 Å². The molecular weight excluding hydrogens is 629 g/mol. The number of halogens is 4. The van der Waals surface area contributed by atoms with Gasteiger partial charge in [0.1, 0.15) is 11.5 Å². The second-order valence-electron chi connectivity index (χ2n) is 12.1. The van der Waals surface area contributed by atoms with Crippen LogP contribution in [0.1, 0.15) is 53.8 Å².